The van der Waals surface area contributed by atoms with E-state index in [9.17, 15) is 14.4 Å². The molecule has 0 radical (unpaired) electrons. The van der Waals surface area contributed by atoms with Crippen LogP contribution in [0.2, 0.25) is 0 Å². The van der Waals surface area contributed by atoms with Crippen LogP contribution in [0.4, 0.5) is 9.59 Å². The predicted octanol–water partition coefficient (Wildman–Crippen LogP) is 4.46. The molecule has 2 aliphatic heterocycles. The molecule has 1 fully saturated rings. The molecule has 1 spiro atoms. The Kier molecular flexibility index (Phi) is 10.3. The number of benzene rings is 1. The van der Waals surface area contributed by atoms with Crippen molar-refractivity contribution in [1.82, 2.24) is 20.7 Å². The number of urea groups is 1. The number of hydrazone groups is 2. The van der Waals surface area contributed by atoms with Gasteiger partial charge in [0, 0.05) is 25.1 Å². The number of carbonyl (C=O) groups is 3. The Morgan fingerprint density at radius 1 is 1.19 bits per heavy atom. The highest BCUT2D eigenvalue weighted by Gasteiger charge is 2.50. The van der Waals surface area contributed by atoms with Gasteiger partial charge in [0.2, 0.25) is 0 Å². The second-order valence-corrected chi connectivity index (χ2v) is 10.6. The molecular formula is C31H38N6O6. The number of aromatic nitrogens is 1. The summed E-state index contributed by atoms with van der Waals surface area (Å²) >= 11 is 0. The smallest absolute Gasteiger partial charge is 0.434 e. The Hall–Kier alpha value is -4.58. The number of pyridine rings is 1. The molecule has 3 aliphatic rings. The van der Waals surface area contributed by atoms with Gasteiger partial charge in [-0.1, -0.05) is 29.8 Å². The Morgan fingerprint density at radius 2 is 1.95 bits per heavy atom. The number of aryl methyl sites for hydroxylation is 2. The van der Waals surface area contributed by atoms with Gasteiger partial charge in [-0.15, -0.1) is 0 Å². The molecule has 1 saturated carbocycles. The van der Waals surface area contributed by atoms with E-state index in [-0.39, 0.29) is 24.6 Å². The molecule has 228 valence electrons. The normalized spacial score (nSPS) is 21.7. The molecule has 0 saturated heterocycles. The summed E-state index contributed by atoms with van der Waals surface area (Å²) in [6.45, 7) is 8.09. The Labute approximate surface area is 251 Å². The lowest BCUT2D eigenvalue weighted by molar-refractivity contribution is -0.116. The van der Waals surface area contributed by atoms with Crippen LogP contribution in [0.25, 0.3) is 5.57 Å². The summed E-state index contributed by atoms with van der Waals surface area (Å²) in [5, 5.41) is 12.3. The lowest BCUT2D eigenvalue weighted by atomic mass is 9.79. The molecule has 0 atom stereocenters. The summed E-state index contributed by atoms with van der Waals surface area (Å²) in [7, 11) is 1.70. The zero-order valence-corrected chi connectivity index (χ0v) is 25.2. The van der Waals surface area contributed by atoms with E-state index in [2.05, 4.69) is 25.9 Å². The Bertz CT molecular complexity index is 1430. The lowest BCUT2D eigenvalue weighted by Crippen LogP contribution is -2.49. The zero-order valence-electron chi connectivity index (χ0n) is 25.2. The van der Waals surface area contributed by atoms with Gasteiger partial charge in [-0.3, -0.25) is 9.78 Å². The summed E-state index contributed by atoms with van der Waals surface area (Å²) in [6.07, 6.45) is 7.19. The van der Waals surface area contributed by atoms with Crippen molar-refractivity contribution in [3.63, 3.8) is 0 Å². The molecule has 12 nitrogen and oxygen atoms in total. The van der Waals surface area contributed by atoms with Gasteiger partial charge < -0.3 is 19.5 Å². The van der Waals surface area contributed by atoms with Gasteiger partial charge in [0.05, 0.1) is 42.3 Å². The van der Waals surface area contributed by atoms with Crippen LogP contribution in [0.1, 0.15) is 61.8 Å². The molecule has 2 aromatic rings. The monoisotopic (exact) mass is 590 g/mol. The van der Waals surface area contributed by atoms with Crippen molar-refractivity contribution >= 4 is 35.6 Å². The van der Waals surface area contributed by atoms with Crippen molar-refractivity contribution in [3.05, 3.63) is 70.7 Å². The molecular weight excluding hydrogens is 552 g/mol. The zero-order chi connectivity index (χ0) is 31.0. The van der Waals surface area contributed by atoms with Crippen LogP contribution in [0.15, 0.2) is 58.7 Å². The highest BCUT2D eigenvalue weighted by atomic mass is 16.7. The molecule has 3 amide bonds. The van der Waals surface area contributed by atoms with Gasteiger partial charge in [-0.2, -0.15) is 10.2 Å². The predicted molar refractivity (Wildman–Crippen MR) is 161 cm³/mol. The number of rotatable bonds is 6. The maximum absolute atomic E-state index is 13.0. The van der Waals surface area contributed by atoms with Crippen LogP contribution in [0, 0.1) is 13.8 Å². The maximum Gasteiger partial charge on any atom is 0.513 e. The SMILES string of the molecule is CC1=NNC(=O)N(/N=C/c2cccnc2)C1.CCOC(=O)OC1=C(c2cc(C)ccc2C)C(=O)NC12CCC(OC)CC2. The van der Waals surface area contributed by atoms with Gasteiger partial charge in [0.25, 0.3) is 5.91 Å². The molecule has 1 aliphatic carbocycles. The quantitative estimate of drug-likeness (QED) is 0.373. The van der Waals surface area contributed by atoms with E-state index in [1.807, 2.05) is 51.1 Å². The van der Waals surface area contributed by atoms with Gasteiger partial charge in [0.1, 0.15) is 5.76 Å². The molecule has 43 heavy (non-hydrogen) atoms. The number of amides is 3. The van der Waals surface area contributed by atoms with Gasteiger partial charge >= 0.3 is 12.2 Å². The van der Waals surface area contributed by atoms with Crippen molar-refractivity contribution in [1.29, 1.82) is 0 Å². The molecule has 12 heteroatoms. The fourth-order valence-corrected chi connectivity index (χ4v) is 5.19. The molecule has 0 unspecified atom stereocenters. The van der Waals surface area contributed by atoms with Crippen molar-refractivity contribution in [2.45, 2.75) is 65.0 Å². The number of hydrogen-bond acceptors (Lipinski definition) is 9. The van der Waals surface area contributed by atoms with Crippen LogP contribution in [-0.4, -0.2) is 71.9 Å². The third-order valence-corrected chi connectivity index (χ3v) is 7.46. The number of nitrogens with one attached hydrogen (secondary N) is 2. The fourth-order valence-electron chi connectivity index (χ4n) is 5.19. The molecule has 2 N–H and O–H groups in total. The average Bonchev–Trinajstić information content (AvgIpc) is 3.25. The Balaban J connectivity index is 0.000000225. The second kappa shape index (κ2) is 14.1. The third kappa shape index (κ3) is 7.63. The maximum atomic E-state index is 13.0. The average molecular weight is 591 g/mol. The highest BCUT2D eigenvalue weighted by Crippen LogP contribution is 2.44. The van der Waals surface area contributed by atoms with Crippen LogP contribution in [0.5, 0.6) is 0 Å². The lowest BCUT2D eigenvalue weighted by Gasteiger charge is -2.37. The first-order chi connectivity index (χ1) is 20.7. The minimum Gasteiger partial charge on any atom is -0.434 e. The topological polar surface area (TPSA) is 144 Å². The van der Waals surface area contributed by atoms with Crippen LogP contribution >= 0.6 is 0 Å². The number of carbonyl (C=O) groups excluding carboxylic acids is 3. The fraction of sp³-hybridized carbons (Fsp3) is 0.419. The summed E-state index contributed by atoms with van der Waals surface area (Å²) in [5.41, 5.74) is 6.54. The number of nitrogens with zero attached hydrogens (tertiary/aromatic N) is 4. The van der Waals surface area contributed by atoms with E-state index < -0.39 is 11.7 Å². The van der Waals surface area contributed by atoms with Crippen LogP contribution in [0.3, 0.4) is 0 Å². The Morgan fingerprint density at radius 3 is 2.63 bits per heavy atom. The van der Waals surface area contributed by atoms with Crippen LogP contribution in [-0.2, 0) is 19.0 Å². The van der Waals surface area contributed by atoms with Crippen molar-refractivity contribution < 1.29 is 28.6 Å². The van der Waals surface area contributed by atoms with E-state index in [0.29, 0.717) is 30.7 Å². The largest absolute Gasteiger partial charge is 0.513 e. The molecule has 5 rings (SSSR count). The minimum absolute atomic E-state index is 0.154. The number of methoxy groups -OCH3 is 1. The summed E-state index contributed by atoms with van der Waals surface area (Å²) in [5.74, 6) is 0.174. The first-order valence-corrected chi connectivity index (χ1v) is 14.2. The van der Waals surface area contributed by atoms with E-state index in [0.717, 1.165) is 40.8 Å². The van der Waals surface area contributed by atoms with E-state index in [1.54, 1.807) is 32.6 Å². The van der Waals surface area contributed by atoms with Gasteiger partial charge in [-0.05, 0) is 70.6 Å². The molecule has 3 heterocycles. The van der Waals surface area contributed by atoms with Crippen molar-refractivity contribution in [2.75, 3.05) is 20.3 Å². The minimum atomic E-state index is -0.778. The first kappa shape index (κ1) is 31.4. The summed E-state index contributed by atoms with van der Waals surface area (Å²) < 4.78 is 16.1. The number of ether oxygens (including phenoxy) is 3. The molecule has 1 aromatic carbocycles. The third-order valence-electron chi connectivity index (χ3n) is 7.46. The van der Waals surface area contributed by atoms with Crippen molar-refractivity contribution in [3.8, 4) is 0 Å². The van der Waals surface area contributed by atoms with Crippen LogP contribution < -0.4 is 10.7 Å². The number of hydrogen-bond donors (Lipinski definition) is 2. The van der Waals surface area contributed by atoms with Gasteiger partial charge in [0.15, 0.2) is 0 Å². The van der Waals surface area contributed by atoms with E-state index >= 15 is 0 Å². The molecule has 1 aromatic heterocycles. The first-order valence-electron chi connectivity index (χ1n) is 14.2. The highest BCUT2D eigenvalue weighted by molar-refractivity contribution is 6.24. The summed E-state index contributed by atoms with van der Waals surface area (Å²) in [6, 6.07) is 9.27. The van der Waals surface area contributed by atoms with Gasteiger partial charge in [-0.25, -0.2) is 20.0 Å². The summed E-state index contributed by atoms with van der Waals surface area (Å²) in [4.78, 5) is 40.4. The second-order valence-electron chi connectivity index (χ2n) is 10.6. The molecule has 0 bridgehead atoms. The van der Waals surface area contributed by atoms with E-state index in [4.69, 9.17) is 14.2 Å². The standard InChI is InChI=1S/C21H27NO5.C10H11N5O/c1-5-26-20(24)27-18-17(16-12-13(2)6-7-14(16)3)19(23)22-21(18)10-8-15(25-4)9-11-21;1-8-7-15(10(16)14-13-8)12-6-9-3-2-4-11-5-9/h6-7,12,15H,5,8-11H2,1-4H3,(H,22,23);2-6H,7H2,1H3,(H,14,16)/b;12-6+. The van der Waals surface area contributed by atoms with E-state index in [1.165, 1.54) is 5.01 Å². The van der Waals surface area contributed by atoms with Crippen molar-refractivity contribution in [2.24, 2.45) is 10.2 Å².